The number of aliphatic hydroxyl groups is 1. The molecule has 0 heterocycles. The SMILES string of the molecule is C=C(O)C(C)O[Si](CCCN)(OCC)OCC. The van der Waals surface area contributed by atoms with Crippen LogP contribution in [0, 0.1) is 0 Å². The Kier molecular flexibility index (Phi) is 8.45. The predicted octanol–water partition coefficient (Wildman–Crippen LogP) is 1.82. The van der Waals surface area contributed by atoms with E-state index in [9.17, 15) is 5.11 Å². The smallest absolute Gasteiger partial charge is 0.501 e. The van der Waals surface area contributed by atoms with Crippen molar-refractivity contribution < 1.29 is 18.4 Å². The average Bonchev–Trinajstić information content (AvgIpc) is 2.27. The molecule has 0 amide bonds. The summed E-state index contributed by atoms with van der Waals surface area (Å²) < 4.78 is 17.1. The number of aliphatic hydroxyl groups excluding tert-OH is 1. The van der Waals surface area contributed by atoms with E-state index in [4.69, 9.17) is 19.0 Å². The second-order valence-electron chi connectivity index (χ2n) is 3.69. The first-order chi connectivity index (χ1) is 8.01. The fourth-order valence-corrected chi connectivity index (χ4v) is 4.23. The van der Waals surface area contributed by atoms with Crippen molar-refractivity contribution in [2.24, 2.45) is 5.73 Å². The summed E-state index contributed by atoms with van der Waals surface area (Å²) in [6, 6.07) is 0.656. The summed E-state index contributed by atoms with van der Waals surface area (Å²) in [5, 5.41) is 9.31. The van der Waals surface area contributed by atoms with E-state index < -0.39 is 14.9 Å². The van der Waals surface area contributed by atoms with E-state index in [1.165, 1.54) is 0 Å². The Morgan fingerprint density at radius 2 is 1.88 bits per heavy atom. The van der Waals surface area contributed by atoms with Crippen molar-refractivity contribution in [3.8, 4) is 0 Å². The molecule has 1 unspecified atom stereocenters. The Bertz CT molecular complexity index is 220. The summed E-state index contributed by atoms with van der Waals surface area (Å²) in [5.74, 6) is -0.0194. The van der Waals surface area contributed by atoms with Crippen molar-refractivity contribution in [3.05, 3.63) is 12.3 Å². The van der Waals surface area contributed by atoms with Crippen LogP contribution in [0.15, 0.2) is 12.3 Å². The molecule has 0 aliphatic heterocycles. The van der Waals surface area contributed by atoms with Crippen LogP contribution in [0.5, 0.6) is 0 Å². The molecule has 17 heavy (non-hydrogen) atoms. The molecule has 0 saturated heterocycles. The van der Waals surface area contributed by atoms with Gasteiger partial charge in [0.2, 0.25) is 0 Å². The molecule has 0 saturated carbocycles. The summed E-state index contributed by atoms with van der Waals surface area (Å²) in [7, 11) is -2.74. The van der Waals surface area contributed by atoms with Crippen molar-refractivity contribution in [1.29, 1.82) is 0 Å². The molecule has 0 aromatic rings. The highest BCUT2D eigenvalue weighted by molar-refractivity contribution is 6.60. The molecule has 0 rings (SSSR count). The first-order valence-corrected chi connectivity index (χ1v) is 7.98. The van der Waals surface area contributed by atoms with Crippen LogP contribution in [-0.4, -0.2) is 39.8 Å². The van der Waals surface area contributed by atoms with Crippen molar-refractivity contribution in [2.45, 2.75) is 39.3 Å². The van der Waals surface area contributed by atoms with E-state index in [0.717, 1.165) is 6.42 Å². The lowest BCUT2D eigenvalue weighted by atomic mass is 10.4. The number of rotatable bonds is 10. The summed E-state index contributed by atoms with van der Waals surface area (Å²) >= 11 is 0. The topological polar surface area (TPSA) is 73.9 Å². The Morgan fingerprint density at radius 1 is 1.35 bits per heavy atom. The lowest BCUT2D eigenvalue weighted by molar-refractivity contribution is 0.0367. The van der Waals surface area contributed by atoms with Gasteiger partial charge in [-0.2, -0.15) is 0 Å². The third-order valence-electron chi connectivity index (χ3n) is 2.24. The zero-order valence-corrected chi connectivity index (χ0v) is 12.1. The minimum atomic E-state index is -2.74. The predicted molar refractivity (Wildman–Crippen MR) is 69.8 cm³/mol. The maximum atomic E-state index is 9.31. The van der Waals surface area contributed by atoms with Gasteiger partial charge in [-0.05, 0) is 33.7 Å². The van der Waals surface area contributed by atoms with Crippen LogP contribution in [0.4, 0.5) is 0 Å². The molecule has 3 N–H and O–H groups in total. The molecule has 102 valence electrons. The third kappa shape index (κ3) is 6.18. The van der Waals surface area contributed by atoms with E-state index in [1.807, 2.05) is 13.8 Å². The molecule has 0 aliphatic rings. The first-order valence-electron chi connectivity index (χ1n) is 6.04. The summed E-state index contributed by atoms with van der Waals surface area (Å²) in [6.45, 7) is 10.6. The van der Waals surface area contributed by atoms with E-state index in [2.05, 4.69) is 6.58 Å². The number of nitrogens with two attached hydrogens (primary N) is 1. The summed E-state index contributed by atoms with van der Waals surface area (Å²) in [4.78, 5) is 0. The Hall–Kier alpha value is -0.403. The molecular formula is C11H25NO4Si. The summed E-state index contributed by atoms with van der Waals surface area (Å²) in [6.07, 6.45) is 0.286. The van der Waals surface area contributed by atoms with Gasteiger partial charge >= 0.3 is 8.80 Å². The van der Waals surface area contributed by atoms with Gasteiger partial charge in [-0.1, -0.05) is 6.58 Å². The van der Waals surface area contributed by atoms with Gasteiger partial charge in [0.1, 0.15) is 11.9 Å². The standard InChI is InChI=1S/C11H25NO4Si/c1-5-14-17(15-6-2,9-7-8-12)16-11(4)10(3)13/h11,13H,3,5-9,12H2,1-2,4H3. The lowest BCUT2D eigenvalue weighted by Crippen LogP contribution is -2.48. The van der Waals surface area contributed by atoms with Crippen molar-refractivity contribution in [1.82, 2.24) is 0 Å². The maximum absolute atomic E-state index is 9.31. The second kappa shape index (κ2) is 8.65. The molecule has 0 aliphatic carbocycles. The highest BCUT2D eigenvalue weighted by atomic mass is 28.4. The van der Waals surface area contributed by atoms with Crippen LogP contribution in [-0.2, 0) is 13.3 Å². The molecule has 0 fully saturated rings. The van der Waals surface area contributed by atoms with Gasteiger partial charge in [0.15, 0.2) is 0 Å². The highest BCUT2D eigenvalue weighted by Crippen LogP contribution is 2.21. The lowest BCUT2D eigenvalue weighted by Gasteiger charge is -2.31. The Morgan fingerprint density at radius 3 is 2.24 bits per heavy atom. The van der Waals surface area contributed by atoms with Crippen LogP contribution in [0.2, 0.25) is 6.04 Å². The fraction of sp³-hybridized carbons (Fsp3) is 0.818. The minimum absolute atomic E-state index is 0.0194. The second-order valence-corrected chi connectivity index (χ2v) is 6.37. The van der Waals surface area contributed by atoms with E-state index in [-0.39, 0.29) is 5.76 Å². The Balaban J connectivity index is 4.67. The van der Waals surface area contributed by atoms with Crippen molar-refractivity contribution in [3.63, 3.8) is 0 Å². The molecule has 0 bridgehead atoms. The third-order valence-corrected chi connectivity index (χ3v) is 5.38. The molecular weight excluding hydrogens is 238 g/mol. The molecule has 0 aromatic heterocycles. The molecule has 0 aromatic carbocycles. The molecule has 0 spiro atoms. The minimum Gasteiger partial charge on any atom is -0.510 e. The Labute approximate surface area is 105 Å². The van der Waals surface area contributed by atoms with Crippen LogP contribution in [0.3, 0.4) is 0 Å². The molecule has 6 heteroatoms. The van der Waals surface area contributed by atoms with E-state index in [0.29, 0.717) is 25.8 Å². The quantitative estimate of drug-likeness (QED) is 0.464. The van der Waals surface area contributed by atoms with Gasteiger partial charge in [0, 0.05) is 19.3 Å². The first kappa shape index (κ1) is 16.6. The van der Waals surface area contributed by atoms with Crippen molar-refractivity contribution in [2.75, 3.05) is 19.8 Å². The zero-order valence-electron chi connectivity index (χ0n) is 11.1. The summed E-state index contributed by atoms with van der Waals surface area (Å²) in [5.41, 5.74) is 5.51. The number of hydrogen-bond acceptors (Lipinski definition) is 5. The van der Waals surface area contributed by atoms with E-state index in [1.54, 1.807) is 6.92 Å². The van der Waals surface area contributed by atoms with Gasteiger partial charge in [0.05, 0.1) is 0 Å². The van der Waals surface area contributed by atoms with Gasteiger partial charge in [-0.3, -0.25) is 0 Å². The van der Waals surface area contributed by atoms with Gasteiger partial charge in [-0.25, -0.2) is 0 Å². The highest BCUT2D eigenvalue weighted by Gasteiger charge is 2.42. The van der Waals surface area contributed by atoms with Gasteiger partial charge < -0.3 is 24.1 Å². The van der Waals surface area contributed by atoms with Crippen LogP contribution in [0.25, 0.3) is 0 Å². The average molecular weight is 263 g/mol. The van der Waals surface area contributed by atoms with E-state index >= 15 is 0 Å². The number of hydrogen-bond donors (Lipinski definition) is 2. The largest absolute Gasteiger partial charge is 0.510 e. The van der Waals surface area contributed by atoms with Crippen LogP contribution >= 0.6 is 0 Å². The fourth-order valence-electron chi connectivity index (χ4n) is 1.41. The molecule has 5 nitrogen and oxygen atoms in total. The monoisotopic (exact) mass is 263 g/mol. The van der Waals surface area contributed by atoms with Crippen LogP contribution < -0.4 is 5.73 Å². The van der Waals surface area contributed by atoms with Gasteiger partial charge in [0.25, 0.3) is 0 Å². The molecule has 1 atom stereocenters. The normalized spacial score (nSPS) is 13.6. The molecule has 0 radical (unpaired) electrons. The van der Waals surface area contributed by atoms with Crippen LogP contribution in [0.1, 0.15) is 27.2 Å². The van der Waals surface area contributed by atoms with Gasteiger partial charge in [-0.15, -0.1) is 0 Å². The maximum Gasteiger partial charge on any atom is 0.501 e. The zero-order chi connectivity index (χ0) is 13.3. The van der Waals surface area contributed by atoms with Crippen molar-refractivity contribution >= 4 is 8.80 Å².